The van der Waals surface area contributed by atoms with Gasteiger partial charge in [-0.3, -0.25) is 9.59 Å². The van der Waals surface area contributed by atoms with Gasteiger partial charge in [-0.1, -0.05) is 61.6 Å². The molecule has 216 valence electrons. The number of carbonyl (C=O) groups excluding carboxylic acids is 2. The number of nitrogens with one attached hydrogen (secondary N) is 2. The summed E-state index contributed by atoms with van der Waals surface area (Å²) in [6.45, 7) is 7.89. The Morgan fingerprint density at radius 2 is 1.80 bits per heavy atom. The highest BCUT2D eigenvalue weighted by Gasteiger charge is 2.23. The molecule has 11 heteroatoms. The van der Waals surface area contributed by atoms with Gasteiger partial charge in [0.2, 0.25) is 5.91 Å². The molecule has 4 rings (SSSR count). The van der Waals surface area contributed by atoms with E-state index in [2.05, 4.69) is 10.6 Å². The van der Waals surface area contributed by atoms with E-state index in [1.54, 1.807) is 31.2 Å². The molecule has 0 saturated heterocycles. The second-order valence-corrected chi connectivity index (χ2v) is 11.8. The quantitative estimate of drug-likeness (QED) is 0.213. The number of fused-ring (bicyclic) bond motifs is 1. The first-order valence-corrected chi connectivity index (χ1v) is 14.1. The molecule has 0 bridgehead atoms. The van der Waals surface area contributed by atoms with Crippen LogP contribution in [0.25, 0.3) is 11.0 Å². The number of halogens is 4. The number of anilines is 1. The zero-order valence-corrected chi connectivity index (χ0v) is 25.6. The number of rotatable bonds is 8. The summed E-state index contributed by atoms with van der Waals surface area (Å²) in [4.78, 5) is 30.3. The van der Waals surface area contributed by atoms with E-state index in [1.807, 2.05) is 32.4 Å². The normalized spacial score (nSPS) is 11.5. The summed E-state index contributed by atoms with van der Waals surface area (Å²) in [6, 6.07) is 10.9. The van der Waals surface area contributed by atoms with Crippen molar-refractivity contribution < 1.29 is 18.7 Å². The average Bonchev–Trinajstić information content (AvgIpc) is 3.20. The average molecular weight is 620 g/mol. The van der Waals surface area contributed by atoms with Crippen LogP contribution in [-0.2, 0) is 24.8 Å². The number of ether oxygens (including phenoxy) is 1. The van der Waals surface area contributed by atoms with Crippen LogP contribution in [0.5, 0.6) is 5.75 Å². The first-order valence-electron chi connectivity index (χ1n) is 12.9. The molecule has 41 heavy (non-hydrogen) atoms. The van der Waals surface area contributed by atoms with Crippen molar-refractivity contribution in [3.8, 4) is 5.75 Å². The van der Waals surface area contributed by atoms with Crippen LogP contribution in [0.3, 0.4) is 0 Å². The van der Waals surface area contributed by atoms with Crippen LogP contribution < -0.4 is 15.4 Å². The highest BCUT2D eigenvalue weighted by molar-refractivity contribution is 6.36. The number of aryl methyl sites for hydroxylation is 1. The molecular formula is C30H30Cl3FN4O3. The lowest BCUT2D eigenvalue weighted by molar-refractivity contribution is -0.128. The van der Waals surface area contributed by atoms with Crippen LogP contribution in [0.1, 0.15) is 55.0 Å². The molecule has 0 aliphatic heterocycles. The van der Waals surface area contributed by atoms with Crippen LogP contribution in [-0.4, -0.2) is 28.0 Å². The van der Waals surface area contributed by atoms with E-state index >= 15 is 0 Å². The summed E-state index contributed by atoms with van der Waals surface area (Å²) in [5.41, 5.74) is 2.31. The lowest BCUT2D eigenvalue weighted by Crippen LogP contribution is -2.34. The predicted molar refractivity (Wildman–Crippen MR) is 162 cm³/mol. The number of amides is 2. The molecule has 0 saturated carbocycles. The minimum absolute atomic E-state index is 0.00786. The minimum atomic E-state index is -0.654. The van der Waals surface area contributed by atoms with Gasteiger partial charge in [0.25, 0.3) is 5.91 Å². The third-order valence-corrected chi connectivity index (χ3v) is 7.58. The third kappa shape index (κ3) is 6.77. The van der Waals surface area contributed by atoms with Gasteiger partial charge in [0.05, 0.1) is 33.9 Å². The van der Waals surface area contributed by atoms with Gasteiger partial charge in [-0.05, 0) is 48.4 Å². The maximum Gasteiger partial charge on any atom is 0.259 e. The van der Waals surface area contributed by atoms with Gasteiger partial charge in [0, 0.05) is 41.5 Å². The van der Waals surface area contributed by atoms with E-state index in [0.29, 0.717) is 45.7 Å². The molecule has 0 aliphatic carbocycles. The van der Waals surface area contributed by atoms with Crippen molar-refractivity contribution in [2.45, 2.75) is 40.7 Å². The van der Waals surface area contributed by atoms with Crippen molar-refractivity contribution in [2.24, 2.45) is 12.5 Å². The Morgan fingerprint density at radius 1 is 1.07 bits per heavy atom. The van der Waals surface area contributed by atoms with Crippen LogP contribution in [0.4, 0.5) is 10.1 Å². The topological polar surface area (TPSA) is 85.2 Å². The molecule has 7 nitrogen and oxygen atoms in total. The van der Waals surface area contributed by atoms with Crippen LogP contribution in [0.15, 0.2) is 42.5 Å². The van der Waals surface area contributed by atoms with E-state index in [4.69, 9.17) is 44.5 Å². The van der Waals surface area contributed by atoms with E-state index in [-0.39, 0.29) is 28.7 Å². The summed E-state index contributed by atoms with van der Waals surface area (Å²) < 4.78 is 22.0. The molecule has 3 aromatic carbocycles. The predicted octanol–water partition coefficient (Wildman–Crippen LogP) is 7.58. The standard InChI is InChI=1S/C30H30Cl3FN4O3/c1-6-41-25-14-24-23(12-19(25)28(39)37-22-10-8-17(31)11-21(22)34)36-26(38(24)5)13-18-20(32)9-7-16(27(18)33)15-35-29(40)30(2,3)4/h7-12,14H,6,13,15H2,1-5H3,(H,35,40)(H,37,39). The van der Waals surface area contributed by atoms with E-state index in [0.717, 1.165) is 17.1 Å². The highest BCUT2D eigenvalue weighted by Crippen LogP contribution is 2.33. The van der Waals surface area contributed by atoms with Gasteiger partial charge in [0.15, 0.2) is 0 Å². The number of hydrogen-bond donors (Lipinski definition) is 2. The van der Waals surface area contributed by atoms with Crippen molar-refractivity contribution in [3.05, 3.63) is 85.9 Å². The molecular weight excluding hydrogens is 590 g/mol. The Hall–Kier alpha value is -3.33. The van der Waals surface area contributed by atoms with Gasteiger partial charge in [-0.25, -0.2) is 9.37 Å². The molecule has 0 radical (unpaired) electrons. The summed E-state index contributed by atoms with van der Waals surface area (Å²) in [7, 11) is 1.85. The summed E-state index contributed by atoms with van der Waals surface area (Å²) in [6.07, 6.45) is 0.297. The maximum atomic E-state index is 14.3. The molecule has 1 aromatic heterocycles. The molecule has 1 heterocycles. The SMILES string of the molecule is CCOc1cc2c(cc1C(=O)Nc1ccc(Cl)cc1F)nc(Cc1c(Cl)ccc(CNC(=O)C(C)(C)C)c1Cl)n2C. The number of imidazole rings is 1. The zero-order chi connectivity index (χ0) is 30.1. The fourth-order valence-electron chi connectivity index (χ4n) is 4.20. The lowest BCUT2D eigenvalue weighted by atomic mass is 9.95. The zero-order valence-electron chi connectivity index (χ0n) is 23.3. The van der Waals surface area contributed by atoms with Gasteiger partial charge < -0.3 is 19.9 Å². The molecule has 0 fully saturated rings. The number of hydrogen-bond acceptors (Lipinski definition) is 4. The first-order chi connectivity index (χ1) is 19.3. The molecule has 0 spiro atoms. The fourth-order valence-corrected chi connectivity index (χ4v) is 4.93. The Labute approximate surface area is 252 Å². The summed E-state index contributed by atoms with van der Waals surface area (Å²) >= 11 is 19.1. The Bertz CT molecular complexity index is 1650. The van der Waals surface area contributed by atoms with Crippen LogP contribution in [0.2, 0.25) is 15.1 Å². The second-order valence-electron chi connectivity index (χ2n) is 10.5. The third-order valence-electron chi connectivity index (χ3n) is 6.52. The maximum absolute atomic E-state index is 14.3. The number of nitrogens with zero attached hydrogens (tertiary/aromatic N) is 2. The number of benzene rings is 3. The minimum Gasteiger partial charge on any atom is -0.493 e. The molecule has 0 aliphatic rings. The summed E-state index contributed by atoms with van der Waals surface area (Å²) in [5, 5.41) is 6.62. The van der Waals surface area contributed by atoms with E-state index in [9.17, 15) is 14.0 Å². The monoisotopic (exact) mass is 618 g/mol. The van der Waals surface area contributed by atoms with E-state index < -0.39 is 17.1 Å². The molecule has 0 atom stereocenters. The molecule has 2 N–H and O–H groups in total. The van der Waals surface area contributed by atoms with E-state index in [1.165, 1.54) is 12.1 Å². The van der Waals surface area contributed by atoms with Crippen LogP contribution >= 0.6 is 34.8 Å². The Morgan fingerprint density at radius 3 is 2.46 bits per heavy atom. The Balaban J connectivity index is 1.67. The van der Waals surface area contributed by atoms with Gasteiger partial charge >= 0.3 is 0 Å². The smallest absolute Gasteiger partial charge is 0.259 e. The van der Waals surface area contributed by atoms with Gasteiger partial charge in [-0.15, -0.1) is 0 Å². The van der Waals surface area contributed by atoms with Crippen molar-refractivity contribution in [2.75, 3.05) is 11.9 Å². The molecule has 4 aromatic rings. The first kappa shape index (κ1) is 30.6. The van der Waals surface area contributed by atoms with Crippen molar-refractivity contribution in [1.82, 2.24) is 14.9 Å². The Kier molecular flexibility index (Phi) is 9.16. The summed E-state index contributed by atoms with van der Waals surface area (Å²) in [5.74, 6) is -0.333. The molecule has 0 unspecified atom stereocenters. The number of carbonyl (C=O) groups is 2. The number of aromatic nitrogens is 2. The molecule has 2 amide bonds. The largest absolute Gasteiger partial charge is 0.493 e. The van der Waals surface area contributed by atoms with Gasteiger partial charge in [0.1, 0.15) is 17.4 Å². The van der Waals surface area contributed by atoms with Gasteiger partial charge in [-0.2, -0.15) is 0 Å². The van der Waals surface area contributed by atoms with Crippen molar-refractivity contribution >= 4 is 63.3 Å². The van der Waals surface area contributed by atoms with Crippen molar-refractivity contribution in [3.63, 3.8) is 0 Å². The fraction of sp³-hybridized carbons (Fsp3) is 0.300. The highest BCUT2D eigenvalue weighted by atomic mass is 35.5. The second kappa shape index (κ2) is 12.3. The van der Waals surface area contributed by atoms with Crippen LogP contribution in [0, 0.1) is 11.2 Å². The van der Waals surface area contributed by atoms with Crippen molar-refractivity contribution in [1.29, 1.82) is 0 Å². The lowest BCUT2D eigenvalue weighted by Gasteiger charge is -2.18.